The third-order valence-electron chi connectivity index (χ3n) is 1.10. The number of halogens is 1. The number of terminal acetylenes is 1. The Balaban J connectivity index is 2.72. The van der Waals surface area contributed by atoms with Gasteiger partial charge in [0.1, 0.15) is 0 Å². The molecule has 0 aromatic carbocycles. The number of phosphoric acid groups is 1. The van der Waals surface area contributed by atoms with Crippen molar-refractivity contribution in [3.8, 4) is 12.3 Å². The molecule has 0 radical (unpaired) electrons. The average molecular weight is 180 g/mol. The van der Waals surface area contributed by atoms with Crippen LogP contribution in [0, 0.1) is 12.3 Å². The molecule has 0 aliphatic carbocycles. The lowest BCUT2D eigenvalue weighted by atomic mass is 10.4. The molecular weight excluding hydrogens is 174 g/mol. The Morgan fingerprint density at radius 1 is 1.73 bits per heavy atom. The second-order valence-corrected chi connectivity index (χ2v) is 3.46. The van der Waals surface area contributed by atoms with Crippen LogP contribution < -0.4 is 0 Å². The van der Waals surface area contributed by atoms with Crippen molar-refractivity contribution < 1.29 is 22.5 Å². The highest BCUT2D eigenvalue weighted by molar-refractivity contribution is 7.48. The highest BCUT2D eigenvalue weighted by Gasteiger charge is 2.45. The van der Waals surface area contributed by atoms with E-state index in [4.69, 9.17) is 6.42 Å². The summed E-state index contributed by atoms with van der Waals surface area (Å²) >= 11 is 0. The maximum absolute atomic E-state index is 12.5. The molecule has 0 bridgehead atoms. The Labute approximate surface area is 63.2 Å². The fourth-order valence-corrected chi connectivity index (χ4v) is 1.60. The van der Waals surface area contributed by atoms with Gasteiger partial charge in [0.15, 0.2) is 6.10 Å². The molecule has 62 valence electrons. The van der Waals surface area contributed by atoms with Gasteiger partial charge in [-0.05, 0) is 0 Å². The summed E-state index contributed by atoms with van der Waals surface area (Å²) in [7, 11) is -2.61. The van der Waals surface area contributed by atoms with Crippen LogP contribution in [0.4, 0.5) is 4.39 Å². The SMILES string of the molecule is C#CC1OP(=O)(OC)OC1F. The fourth-order valence-electron chi connectivity index (χ4n) is 0.583. The van der Waals surface area contributed by atoms with Crippen molar-refractivity contribution in [3.05, 3.63) is 0 Å². The topological polar surface area (TPSA) is 44.8 Å². The minimum Gasteiger partial charge on any atom is -0.290 e. The summed E-state index contributed by atoms with van der Waals surface area (Å²) in [6, 6.07) is 0. The average Bonchev–Trinajstić information content (AvgIpc) is 2.27. The summed E-state index contributed by atoms with van der Waals surface area (Å²) < 4.78 is 36.4. The number of hydrogen-bond donors (Lipinski definition) is 0. The standard InChI is InChI=1S/C5H6FO4P/c1-3-4-5(6)10-11(7,8-2)9-4/h1,4-5H,2H3. The zero-order valence-electron chi connectivity index (χ0n) is 5.69. The molecule has 4 nitrogen and oxygen atoms in total. The van der Waals surface area contributed by atoms with Gasteiger partial charge in [0, 0.05) is 7.11 Å². The molecule has 1 heterocycles. The molecule has 1 rings (SSSR count). The summed E-state index contributed by atoms with van der Waals surface area (Å²) in [5.41, 5.74) is 0. The van der Waals surface area contributed by atoms with E-state index in [9.17, 15) is 8.96 Å². The van der Waals surface area contributed by atoms with E-state index in [-0.39, 0.29) is 0 Å². The van der Waals surface area contributed by atoms with Crippen molar-refractivity contribution in [2.45, 2.75) is 12.5 Å². The smallest absolute Gasteiger partial charge is 0.290 e. The third-order valence-corrected chi connectivity index (χ3v) is 2.49. The van der Waals surface area contributed by atoms with Crippen molar-refractivity contribution >= 4 is 7.82 Å². The lowest BCUT2D eigenvalue weighted by Crippen LogP contribution is -2.14. The zero-order valence-corrected chi connectivity index (χ0v) is 6.58. The van der Waals surface area contributed by atoms with Gasteiger partial charge in [-0.15, -0.1) is 6.42 Å². The van der Waals surface area contributed by atoms with Crippen LogP contribution >= 0.6 is 7.82 Å². The first-order valence-electron chi connectivity index (χ1n) is 2.74. The van der Waals surface area contributed by atoms with Crippen LogP contribution in [0.3, 0.4) is 0 Å². The molecule has 1 aliphatic rings. The first-order chi connectivity index (χ1) is 5.11. The van der Waals surface area contributed by atoms with Crippen LogP contribution in [0.1, 0.15) is 0 Å². The van der Waals surface area contributed by atoms with Gasteiger partial charge in [-0.25, -0.2) is 13.5 Å². The Morgan fingerprint density at radius 2 is 2.36 bits per heavy atom. The van der Waals surface area contributed by atoms with E-state index < -0.39 is 20.3 Å². The van der Waals surface area contributed by atoms with E-state index in [1.54, 1.807) is 0 Å². The Hall–Kier alpha value is -0.400. The van der Waals surface area contributed by atoms with E-state index in [2.05, 4.69) is 13.6 Å². The predicted molar refractivity (Wildman–Crippen MR) is 34.3 cm³/mol. The van der Waals surface area contributed by atoms with E-state index in [0.29, 0.717) is 0 Å². The summed E-state index contributed by atoms with van der Waals surface area (Å²) in [6.07, 6.45) is 1.72. The number of phosphoric ester groups is 1. The molecule has 1 fully saturated rings. The molecule has 6 heteroatoms. The minimum absolute atomic E-state index is 1.09. The second kappa shape index (κ2) is 2.92. The van der Waals surface area contributed by atoms with Gasteiger partial charge in [-0.1, -0.05) is 5.92 Å². The highest BCUT2D eigenvalue weighted by atomic mass is 31.2. The van der Waals surface area contributed by atoms with Crippen molar-refractivity contribution in [1.29, 1.82) is 0 Å². The molecule has 0 saturated carbocycles. The second-order valence-electron chi connectivity index (χ2n) is 1.78. The summed E-state index contributed by atoms with van der Waals surface area (Å²) in [5, 5.41) is 0. The Morgan fingerprint density at radius 3 is 2.64 bits per heavy atom. The molecule has 11 heavy (non-hydrogen) atoms. The molecule has 1 saturated heterocycles. The van der Waals surface area contributed by atoms with Crippen LogP contribution in [0.5, 0.6) is 0 Å². The van der Waals surface area contributed by atoms with Crippen molar-refractivity contribution in [3.63, 3.8) is 0 Å². The van der Waals surface area contributed by atoms with Crippen molar-refractivity contribution in [1.82, 2.24) is 0 Å². The number of hydrogen-bond acceptors (Lipinski definition) is 4. The van der Waals surface area contributed by atoms with Crippen molar-refractivity contribution in [2.24, 2.45) is 0 Å². The normalized spacial score (nSPS) is 43.7. The molecular formula is C5H6FO4P. The first kappa shape index (κ1) is 8.69. The highest BCUT2D eigenvalue weighted by Crippen LogP contribution is 2.56. The van der Waals surface area contributed by atoms with Gasteiger partial charge >= 0.3 is 7.82 Å². The lowest BCUT2D eigenvalue weighted by molar-refractivity contribution is 0.0601. The maximum Gasteiger partial charge on any atom is 0.478 e. The number of rotatable bonds is 1. The van der Waals surface area contributed by atoms with Crippen LogP contribution in [-0.2, 0) is 18.1 Å². The molecule has 3 unspecified atom stereocenters. The molecule has 0 spiro atoms. The molecule has 1 aliphatic heterocycles. The van der Waals surface area contributed by atoms with Crippen LogP contribution in [0.2, 0.25) is 0 Å². The van der Waals surface area contributed by atoms with Gasteiger partial charge in [0.25, 0.3) is 0 Å². The van der Waals surface area contributed by atoms with E-state index in [0.717, 1.165) is 7.11 Å². The molecule has 0 N–H and O–H groups in total. The Bertz CT molecular complexity index is 235. The van der Waals surface area contributed by atoms with E-state index in [1.807, 2.05) is 5.92 Å². The fraction of sp³-hybridized carbons (Fsp3) is 0.600. The monoisotopic (exact) mass is 180 g/mol. The van der Waals surface area contributed by atoms with Crippen LogP contribution in [-0.4, -0.2) is 19.6 Å². The van der Waals surface area contributed by atoms with E-state index >= 15 is 0 Å². The molecule has 3 atom stereocenters. The largest absolute Gasteiger partial charge is 0.478 e. The zero-order chi connectivity index (χ0) is 8.48. The van der Waals surface area contributed by atoms with Crippen molar-refractivity contribution in [2.75, 3.05) is 7.11 Å². The molecule has 0 aromatic rings. The predicted octanol–water partition coefficient (Wildman–Crippen LogP) is 1.09. The molecule has 0 amide bonds. The summed E-state index contributed by atoms with van der Waals surface area (Å²) in [6.45, 7) is 0. The Kier molecular flexibility index (Phi) is 2.31. The lowest BCUT2D eigenvalue weighted by Gasteiger charge is -2.03. The third kappa shape index (κ3) is 1.60. The van der Waals surface area contributed by atoms with Gasteiger partial charge in [0.2, 0.25) is 6.36 Å². The molecule has 0 aromatic heterocycles. The van der Waals surface area contributed by atoms with Crippen LogP contribution in [0.25, 0.3) is 0 Å². The quantitative estimate of drug-likeness (QED) is 0.447. The maximum atomic E-state index is 12.5. The van der Waals surface area contributed by atoms with Crippen LogP contribution in [0.15, 0.2) is 0 Å². The number of alkyl halides is 1. The summed E-state index contributed by atoms with van der Waals surface area (Å²) in [4.78, 5) is 0. The summed E-state index contributed by atoms with van der Waals surface area (Å²) in [5.74, 6) is 1.93. The van der Waals surface area contributed by atoms with Gasteiger partial charge in [-0.3, -0.25) is 9.05 Å². The van der Waals surface area contributed by atoms with E-state index in [1.165, 1.54) is 0 Å². The first-order valence-corrected chi connectivity index (χ1v) is 4.20. The van der Waals surface area contributed by atoms with Gasteiger partial charge < -0.3 is 0 Å². The van der Waals surface area contributed by atoms with Gasteiger partial charge in [0.05, 0.1) is 0 Å². The van der Waals surface area contributed by atoms with Gasteiger partial charge in [-0.2, -0.15) is 0 Å². The minimum atomic E-state index is -3.70.